The van der Waals surface area contributed by atoms with Gasteiger partial charge in [-0.05, 0) is 79.4 Å². The topological polar surface area (TPSA) is 69.7 Å². The quantitative estimate of drug-likeness (QED) is 0.464. The molecule has 178 valence electrons. The lowest BCUT2D eigenvalue weighted by molar-refractivity contribution is 0.102. The summed E-state index contributed by atoms with van der Waals surface area (Å²) in [7, 11) is -3.52. The highest BCUT2D eigenvalue weighted by molar-refractivity contribution is 7.92. The summed E-state index contributed by atoms with van der Waals surface area (Å²) < 4.78 is 26.0. The van der Waals surface area contributed by atoms with E-state index in [9.17, 15) is 13.2 Å². The zero-order valence-corrected chi connectivity index (χ0v) is 20.6. The van der Waals surface area contributed by atoms with Gasteiger partial charge in [0.15, 0.2) is 0 Å². The molecule has 1 amide bonds. The average molecular weight is 498 g/mol. The summed E-state index contributed by atoms with van der Waals surface area (Å²) in [6.45, 7) is 2.29. The van der Waals surface area contributed by atoms with Crippen LogP contribution in [-0.4, -0.2) is 33.7 Å². The number of benzene rings is 3. The first-order valence-corrected chi connectivity index (χ1v) is 13.5. The van der Waals surface area contributed by atoms with Gasteiger partial charge >= 0.3 is 0 Å². The molecule has 1 aliphatic heterocycles. The molecule has 0 bridgehead atoms. The van der Waals surface area contributed by atoms with E-state index < -0.39 is 10.0 Å². The maximum absolute atomic E-state index is 12.7. The summed E-state index contributed by atoms with van der Waals surface area (Å²) in [4.78, 5) is 15.1. The van der Waals surface area contributed by atoms with Crippen molar-refractivity contribution in [3.05, 3.63) is 88.9 Å². The number of anilines is 3. The van der Waals surface area contributed by atoms with Crippen molar-refractivity contribution in [1.82, 2.24) is 0 Å². The summed E-state index contributed by atoms with van der Waals surface area (Å²) in [5.74, 6) is -0.216. The van der Waals surface area contributed by atoms with Crippen molar-refractivity contribution in [3.63, 3.8) is 0 Å². The molecule has 0 unspecified atom stereocenters. The molecule has 0 saturated carbocycles. The molecule has 4 rings (SSSR count). The van der Waals surface area contributed by atoms with Crippen LogP contribution in [0.1, 0.15) is 35.2 Å². The molecule has 1 N–H and O–H groups in total. The normalized spacial score (nSPS) is 14.0. The van der Waals surface area contributed by atoms with E-state index in [2.05, 4.69) is 10.2 Å². The van der Waals surface area contributed by atoms with E-state index in [0.717, 1.165) is 30.6 Å². The third-order valence-corrected chi connectivity index (χ3v) is 7.26. The van der Waals surface area contributed by atoms with Gasteiger partial charge in [0.25, 0.3) is 5.91 Å². The average Bonchev–Trinajstić information content (AvgIpc) is 2.83. The molecule has 6 nitrogen and oxygen atoms in total. The predicted octanol–water partition coefficient (Wildman–Crippen LogP) is 5.55. The van der Waals surface area contributed by atoms with Crippen LogP contribution in [0, 0.1) is 0 Å². The molecule has 3 aromatic carbocycles. The molecule has 0 aliphatic carbocycles. The van der Waals surface area contributed by atoms with Gasteiger partial charge in [-0.25, -0.2) is 8.42 Å². The lowest BCUT2D eigenvalue weighted by atomic mass is 10.1. The van der Waals surface area contributed by atoms with Crippen LogP contribution in [0.4, 0.5) is 17.1 Å². The van der Waals surface area contributed by atoms with Crippen LogP contribution >= 0.6 is 11.6 Å². The number of nitrogens with one attached hydrogen (secondary N) is 1. The molecule has 1 saturated heterocycles. The third-order valence-electron chi connectivity index (χ3n) is 5.89. The van der Waals surface area contributed by atoms with Gasteiger partial charge < -0.3 is 10.2 Å². The van der Waals surface area contributed by atoms with Gasteiger partial charge in [0.1, 0.15) is 0 Å². The van der Waals surface area contributed by atoms with Gasteiger partial charge in [-0.2, -0.15) is 0 Å². The Hall–Kier alpha value is -3.03. The second-order valence-corrected chi connectivity index (χ2v) is 10.8. The molecule has 8 heteroatoms. The molecular weight excluding hydrogens is 470 g/mol. The molecule has 1 fully saturated rings. The van der Waals surface area contributed by atoms with Crippen LogP contribution in [0.25, 0.3) is 0 Å². The number of hydrogen-bond donors (Lipinski definition) is 1. The van der Waals surface area contributed by atoms with Crippen LogP contribution in [0.3, 0.4) is 0 Å². The number of carbonyl (C=O) groups excluding carboxylic acids is 1. The minimum atomic E-state index is -3.52. The Morgan fingerprint density at radius 1 is 0.971 bits per heavy atom. The minimum absolute atomic E-state index is 0.138. The van der Waals surface area contributed by atoms with Crippen molar-refractivity contribution >= 4 is 44.6 Å². The molecular formula is C26H28ClN3O3S. The lowest BCUT2D eigenvalue weighted by Crippen LogP contribution is -2.29. The standard InChI is InChI=1S/C26H28ClN3O3S/c1-34(32,33)30(25-7-5-6-22(27)18-25)19-20-8-10-21(11-9-20)26(31)28-23-12-14-24(15-13-23)29-16-3-2-4-17-29/h5-15,18H,2-4,16-17,19H2,1H3,(H,28,31). The van der Waals surface area contributed by atoms with E-state index in [1.807, 2.05) is 24.3 Å². The second-order valence-electron chi connectivity index (χ2n) is 8.50. The maximum Gasteiger partial charge on any atom is 0.255 e. The molecule has 1 heterocycles. The van der Waals surface area contributed by atoms with Crippen molar-refractivity contribution in [3.8, 4) is 0 Å². The third kappa shape index (κ3) is 6.10. The Morgan fingerprint density at radius 3 is 2.26 bits per heavy atom. The first kappa shape index (κ1) is 24.1. The Balaban J connectivity index is 1.42. The van der Waals surface area contributed by atoms with Crippen LogP contribution in [-0.2, 0) is 16.6 Å². The zero-order valence-electron chi connectivity index (χ0n) is 19.1. The summed E-state index contributed by atoms with van der Waals surface area (Å²) in [5.41, 5.74) is 3.66. The molecule has 0 radical (unpaired) electrons. The van der Waals surface area contributed by atoms with Gasteiger partial charge in [-0.3, -0.25) is 9.10 Å². The highest BCUT2D eigenvalue weighted by Crippen LogP contribution is 2.25. The Bertz CT molecular complexity index is 1240. The van der Waals surface area contributed by atoms with Gasteiger partial charge in [0.05, 0.1) is 18.5 Å². The molecule has 1 aliphatic rings. The fourth-order valence-corrected chi connectivity index (χ4v) is 5.13. The number of hydrogen-bond acceptors (Lipinski definition) is 4. The first-order valence-electron chi connectivity index (χ1n) is 11.3. The van der Waals surface area contributed by atoms with Gasteiger partial charge in [0.2, 0.25) is 10.0 Å². The minimum Gasteiger partial charge on any atom is -0.372 e. The summed E-state index contributed by atoms with van der Waals surface area (Å²) in [6.07, 6.45) is 4.88. The van der Waals surface area contributed by atoms with E-state index in [0.29, 0.717) is 16.3 Å². The van der Waals surface area contributed by atoms with Crippen LogP contribution in [0.15, 0.2) is 72.8 Å². The highest BCUT2D eigenvalue weighted by atomic mass is 35.5. The van der Waals surface area contributed by atoms with Gasteiger partial charge in [0, 0.05) is 35.1 Å². The van der Waals surface area contributed by atoms with Crippen LogP contribution < -0.4 is 14.5 Å². The van der Waals surface area contributed by atoms with Crippen LogP contribution in [0.2, 0.25) is 5.02 Å². The van der Waals surface area contributed by atoms with E-state index in [1.165, 1.54) is 29.3 Å². The number of sulfonamides is 1. The second kappa shape index (κ2) is 10.5. The molecule has 34 heavy (non-hydrogen) atoms. The van der Waals surface area contributed by atoms with Crippen molar-refractivity contribution in [2.75, 3.05) is 33.9 Å². The first-order chi connectivity index (χ1) is 16.3. The van der Waals surface area contributed by atoms with E-state index in [1.54, 1.807) is 48.5 Å². The smallest absolute Gasteiger partial charge is 0.255 e. The van der Waals surface area contributed by atoms with Crippen molar-refractivity contribution in [2.45, 2.75) is 25.8 Å². The number of rotatable bonds is 7. The largest absolute Gasteiger partial charge is 0.372 e. The fourth-order valence-electron chi connectivity index (χ4n) is 4.07. The Morgan fingerprint density at radius 2 is 1.65 bits per heavy atom. The summed E-state index contributed by atoms with van der Waals surface area (Å²) in [6, 6.07) is 21.6. The number of piperidine rings is 1. The van der Waals surface area contributed by atoms with Gasteiger partial charge in [-0.1, -0.05) is 29.8 Å². The van der Waals surface area contributed by atoms with Gasteiger partial charge in [-0.15, -0.1) is 0 Å². The summed E-state index contributed by atoms with van der Waals surface area (Å²) in [5, 5.41) is 3.39. The zero-order chi connectivity index (χ0) is 24.1. The van der Waals surface area contributed by atoms with Crippen molar-refractivity contribution in [1.29, 1.82) is 0 Å². The monoisotopic (exact) mass is 497 g/mol. The fraction of sp³-hybridized carbons (Fsp3) is 0.269. The van der Waals surface area contributed by atoms with E-state index in [4.69, 9.17) is 11.6 Å². The number of carbonyl (C=O) groups is 1. The molecule has 0 spiro atoms. The number of amides is 1. The number of halogens is 1. The Labute approximate surface area is 206 Å². The maximum atomic E-state index is 12.7. The highest BCUT2D eigenvalue weighted by Gasteiger charge is 2.18. The summed E-state index contributed by atoms with van der Waals surface area (Å²) >= 11 is 6.04. The molecule has 0 atom stereocenters. The van der Waals surface area contributed by atoms with Crippen molar-refractivity contribution < 1.29 is 13.2 Å². The van der Waals surface area contributed by atoms with Crippen LogP contribution in [0.5, 0.6) is 0 Å². The number of nitrogens with zero attached hydrogens (tertiary/aromatic N) is 2. The SMILES string of the molecule is CS(=O)(=O)N(Cc1ccc(C(=O)Nc2ccc(N3CCCCC3)cc2)cc1)c1cccc(Cl)c1. The lowest BCUT2D eigenvalue weighted by Gasteiger charge is -2.28. The Kier molecular flexibility index (Phi) is 7.44. The molecule has 3 aromatic rings. The molecule has 0 aromatic heterocycles. The van der Waals surface area contributed by atoms with Crippen molar-refractivity contribution in [2.24, 2.45) is 0 Å². The predicted molar refractivity (Wildman–Crippen MR) is 139 cm³/mol. The van der Waals surface area contributed by atoms with E-state index in [-0.39, 0.29) is 12.5 Å². The van der Waals surface area contributed by atoms with E-state index >= 15 is 0 Å².